The third-order valence-electron chi connectivity index (χ3n) is 3.42. The van der Waals surface area contributed by atoms with Gasteiger partial charge >= 0.3 is 6.18 Å². The van der Waals surface area contributed by atoms with Crippen LogP contribution in [0.25, 0.3) is 0 Å². The second-order valence-corrected chi connectivity index (χ2v) is 4.69. The molecule has 0 bridgehead atoms. The van der Waals surface area contributed by atoms with Crippen LogP contribution in [0.2, 0.25) is 0 Å². The van der Waals surface area contributed by atoms with Crippen LogP contribution < -0.4 is 5.32 Å². The Hall–Kier alpha value is -0.920. The molecule has 1 saturated heterocycles. The largest absolute Gasteiger partial charge is 0.416 e. The predicted octanol–water partition coefficient (Wildman–Crippen LogP) is 3.18. The van der Waals surface area contributed by atoms with Crippen LogP contribution in [0.4, 0.5) is 22.0 Å². The van der Waals surface area contributed by atoms with Crippen LogP contribution in [0, 0.1) is 5.82 Å². The molecule has 2 rings (SSSR count). The molecule has 2 nitrogen and oxygen atoms in total. The quantitative estimate of drug-likeness (QED) is 0.856. The standard InChI is InChI=1S/C13H15F5N2.ClH/c14-8-12(20-5-3-19-4-6-20)10-2-1-9(15)7-11(10)13(16,17)18;/h1-2,7,12,19H,3-6,8H2;1H/t12-;/m1./s1. The van der Waals surface area contributed by atoms with Gasteiger partial charge < -0.3 is 5.32 Å². The fraction of sp³-hybridized carbons (Fsp3) is 0.538. The number of hydrogen-bond donors (Lipinski definition) is 1. The first-order chi connectivity index (χ1) is 9.43. The van der Waals surface area contributed by atoms with E-state index in [1.54, 1.807) is 4.90 Å². The molecule has 1 fully saturated rings. The molecule has 120 valence electrons. The lowest BCUT2D eigenvalue weighted by Gasteiger charge is -2.34. The Morgan fingerprint density at radius 3 is 2.33 bits per heavy atom. The van der Waals surface area contributed by atoms with E-state index in [9.17, 15) is 22.0 Å². The van der Waals surface area contributed by atoms with Crippen molar-refractivity contribution in [2.24, 2.45) is 0 Å². The molecule has 0 amide bonds. The van der Waals surface area contributed by atoms with E-state index in [2.05, 4.69) is 5.32 Å². The first-order valence-corrected chi connectivity index (χ1v) is 6.31. The maximum atomic E-state index is 13.3. The normalized spacial score (nSPS) is 18.1. The van der Waals surface area contributed by atoms with Gasteiger partial charge in [-0.3, -0.25) is 4.90 Å². The number of nitrogens with one attached hydrogen (secondary N) is 1. The van der Waals surface area contributed by atoms with Crippen molar-refractivity contribution >= 4 is 12.4 Å². The third-order valence-corrected chi connectivity index (χ3v) is 3.42. The fourth-order valence-electron chi connectivity index (χ4n) is 2.44. The van der Waals surface area contributed by atoms with E-state index in [1.165, 1.54) is 0 Å². The van der Waals surface area contributed by atoms with E-state index in [1.807, 2.05) is 0 Å². The van der Waals surface area contributed by atoms with Gasteiger partial charge in [-0.1, -0.05) is 6.07 Å². The maximum Gasteiger partial charge on any atom is 0.416 e. The summed E-state index contributed by atoms with van der Waals surface area (Å²) in [6, 6.07) is 1.41. The van der Waals surface area contributed by atoms with Gasteiger partial charge in [-0.25, -0.2) is 8.78 Å². The molecular formula is C13H16ClF5N2. The van der Waals surface area contributed by atoms with Crippen LogP contribution in [0.1, 0.15) is 17.2 Å². The van der Waals surface area contributed by atoms with Crippen LogP contribution in [0.15, 0.2) is 18.2 Å². The lowest BCUT2D eigenvalue weighted by molar-refractivity contribution is -0.139. The van der Waals surface area contributed by atoms with E-state index >= 15 is 0 Å². The Labute approximate surface area is 125 Å². The van der Waals surface area contributed by atoms with Gasteiger partial charge in [0.15, 0.2) is 0 Å². The molecule has 1 atom stereocenters. The average molecular weight is 331 g/mol. The zero-order valence-corrected chi connectivity index (χ0v) is 11.9. The number of alkyl halides is 4. The van der Waals surface area contributed by atoms with Crippen LogP contribution >= 0.6 is 12.4 Å². The molecular weight excluding hydrogens is 315 g/mol. The number of benzene rings is 1. The molecule has 8 heteroatoms. The summed E-state index contributed by atoms with van der Waals surface area (Å²) in [5, 5.41) is 3.05. The topological polar surface area (TPSA) is 15.3 Å². The van der Waals surface area contributed by atoms with Crippen LogP contribution in [-0.2, 0) is 6.18 Å². The smallest absolute Gasteiger partial charge is 0.314 e. The molecule has 0 radical (unpaired) electrons. The monoisotopic (exact) mass is 330 g/mol. The van der Waals surface area contributed by atoms with Crippen molar-refractivity contribution in [3.63, 3.8) is 0 Å². The first-order valence-electron chi connectivity index (χ1n) is 6.31. The summed E-state index contributed by atoms with van der Waals surface area (Å²) in [5.74, 6) is -0.973. The van der Waals surface area contributed by atoms with Gasteiger partial charge in [0.2, 0.25) is 0 Å². The summed E-state index contributed by atoms with van der Waals surface area (Å²) in [4.78, 5) is 1.65. The van der Waals surface area contributed by atoms with Crippen molar-refractivity contribution in [3.05, 3.63) is 35.1 Å². The summed E-state index contributed by atoms with van der Waals surface area (Å²) >= 11 is 0. The lowest BCUT2D eigenvalue weighted by Crippen LogP contribution is -2.46. The van der Waals surface area contributed by atoms with Gasteiger partial charge in [0.25, 0.3) is 0 Å². The zero-order chi connectivity index (χ0) is 14.8. The summed E-state index contributed by atoms with van der Waals surface area (Å²) < 4.78 is 65.3. The zero-order valence-electron chi connectivity index (χ0n) is 11.1. The molecule has 1 aliphatic heterocycles. The van der Waals surface area contributed by atoms with Crippen molar-refractivity contribution in [1.82, 2.24) is 10.2 Å². The Balaban J connectivity index is 0.00000220. The number of nitrogens with zero attached hydrogens (tertiary/aromatic N) is 1. The molecule has 1 heterocycles. The second-order valence-electron chi connectivity index (χ2n) is 4.69. The molecule has 0 unspecified atom stereocenters. The van der Waals surface area contributed by atoms with E-state index in [0.717, 1.165) is 12.1 Å². The molecule has 1 aromatic carbocycles. The van der Waals surface area contributed by atoms with Crippen molar-refractivity contribution in [2.45, 2.75) is 12.2 Å². The Kier molecular flexibility index (Phi) is 6.37. The van der Waals surface area contributed by atoms with Crippen molar-refractivity contribution in [3.8, 4) is 0 Å². The molecule has 1 N–H and O–H groups in total. The molecule has 0 aliphatic carbocycles. The maximum absolute atomic E-state index is 13.3. The van der Waals surface area contributed by atoms with Crippen LogP contribution in [0.3, 0.4) is 0 Å². The van der Waals surface area contributed by atoms with Gasteiger partial charge in [-0.2, -0.15) is 13.2 Å². The SMILES string of the molecule is Cl.FC[C@H](c1ccc(F)cc1C(F)(F)F)N1CCNCC1. The van der Waals surface area contributed by atoms with Crippen LogP contribution in [0.5, 0.6) is 0 Å². The molecule has 0 saturated carbocycles. The number of halogens is 6. The number of rotatable bonds is 3. The third kappa shape index (κ3) is 4.28. The highest BCUT2D eigenvalue weighted by molar-refractivity contribution is 5.85. The van der Waals surface area contributed by atoms with Gasteiger partial charge in [-0.15, -0.1) is 12.4 Å². The minimum atomic E-state index is -4.70. The number of piperazine rings is 1. The van der Waals surface area contributed by atoms with Gasteiger partial charge in [-0.05, 0) is 17.7 Å². The predicted molar refractivity (Wildman–Crippen MR) is 71.8 cm³/mol. The summed E-state index contributed by atoms with van der Waals surface area (Å²) in [5.41, 5.74) is -1.30. The Morgan fingerprint density at radius 1 is 1.19 bits per heavy atom. The van der Waals surface area contributed by atoms with Crippen molar-refractivity contribution < 1.29 is 22.0 Å². The first kappa shape index (κ1) is 18.1. The van der Waals surface area contributed by atoms with E-state index in [0.29, 0.717) is 32.2 Å². The van der Waals surface area contributed by atoms with E-state index < -0.39 is 30.3 Å². The highest BCUT2D eigenvalue weighted by Gasteiger charge is 2.37. The van der Waals surface area contributed by atoms with Gasteiger partial charge in [0.1, 0.15) is 12.5 Å². The van der Waals surface area contributed by atoms with E-state index in [4.69, 9.17) is 0 Å². The molecule has 1 aliphatic rings. The number of hydrogen-bond acceptors (Lipinski definition) is 2. The highest BCUT2D eigenvalue weighted by atomic mass is 35.5. The molecule has 21 heavy (non-hydrogen) atoms. The molecule has 0 spiro atoms. The van der Waals surface area contributed by atoms with Crippen molar-refractivity contribution in [1.29, 1.82) is 0 Å². The molecule has 1 aromatic rings. The second kappa shape index (κ2) is 7.38. The summed E-state index contributed by atoms with van der Waals surface area (Å²) in [6.45, 7) is 1.18. The van der Waals surface area contributed by atoms with Gasteiger partial charge in [0, 0.05) is 26.2 Å². The average Bonchev–Trinajstić information content (AvgIpc) is 2.41. The summed E-state index contributed by atoms with van der Waals surface area (Å²) in [7, 11) is 0. The molecule has 0 aromatic heterocycles. The summed E-state index contributed by atoms with van der Waals surface area (Å²) in [6.07, 6.45) is -4.70. The highest BCUT2D eigenvalue weighted by Crippen LogP contribution is 2.37. The lowest BCUT2D eigenvalue weighted by atomic mass is 9.98. The van der Waals surface area contributed by atoms with Crippen LogP contribution in [-0.4, -0.2) is 37.8 Å². The Morgan fingerprint density at radius 2 is 1.81 bits per heavy atom. The van der Waals surface area contributed by atoms with E-state index in [-0.39, 0.29) is 18.0 Å². The van der Waals surface area contributed by atoms with Gasteiger partial charge in [0.05, 0.1) is 11.6 Å². The fourth-order valence-corrected chi connectivity index (χ4v) is 2.44. The minimum Gasteiger partial charge on any atom is -0.314 e. The van der Waals surface area contributed by atoms with Crippen molar-refractivity contribution in [2.75, 3.05) is 32.9 Å². The minimum absolute atomic E-state index is 0. The Bertz CT molecular complexity index is 460.